The van der Waals surface area contributed by atoms with Crippen LogP contribution in [-0.2, 0) is 19.1 Å². The molecular formula is C16H23BO5S. The van der Waals surface area contributed by atoms with Gasteiger partial charge in [-0.05, 0) is 59.1 Å². The molecule has 126 valence electrons. The fraction of sp³-hybridized carbons (Fsp3) is 0.625. The molecule has 3 rings (SSSR count). The lowest BCUT2D eigenvalue weighted by Gasteiger charge is -2.32. The summed E-state index contributed by atoms with van der Waals surface area (Å²) in [7, 11) is -3.98. The van der Waals surface area contributed by atoms with E-state index in [9.17, 15) is 8.42 Å². The van der Waals surface area contributed by atoms with Crippen LogP contribution in [0.2, 0.25) is 0 Å². The van der Waals surface area contributed by atoms with Gasteiger partial charge in [0, 0.05) is 0 Å². The van der Waals surface area contributed by atoms with E-state index in [1.54, 1.807) is 32.0 Å². The summed E-state index contributed by atoms with van der Waals surface area (Å²) in [6.45, 7) is 11.4. The third kappa shape index (κ3) is 2.79. The molecule has 1 aromatic carbocycles. The predicted octanol–water partition coefficient (Wildman–Crippen LogP) is 1.93. The molecule has 0 saturated carbocycles. The average molecular weight is 338 g/mol. The zero-order valence-corrected chi connectivity index (χ0v) is 15.3. The van der Waals surface area contributed by atoms with Gasteiger partial charge in [-0.25, -0.2) is 8.42 Å². The quantitative estimate of drug-likeness (QED) is 0.732. The molecule has 2 heterocycles. The van der Waals surface area contributed by atoms with Crippen molar-refractivity contribution in [3.8, 4) is 5.75 Å². The molecule has 2 aliphatic heterocycles. The molecule has 1 fully saturated rings. The summed E-state index contributed by atoms with van der Waals surface area (Å²) in [6, 6.07) is 5.11. The predicted molar refractivity (Wildman–Crippen MR) is 88.9 cm³/mol. The molecule has 0 radical (unpaired) electrons. The normalized spacial score (nSPS) is 26.4. The highest BCUT2D eigenvalue weighted by Gasteiger charge is 2.52. The minimum absolute atomic E-state index is 0.0418. The zero-order chi connectivity index (χ0) is 17.3. The molecule has 0 unspecified atom stereocenters. The molecule has 7 heteroatoms. The smallest absolute Gasteiger partial charge is 0.485 e. The van der Waals surface area contributed by atoms with Crippen LogP contribution in [0.5, 0.6) is 5.75 Å². The van der Waals surface area contributed by atoms with E-state index in [1.807, 2.05) is 27.7 Å². The molecule has 0 N–H and O–H groups in total. The number of hydrogen-bond donors (Lipinski definition) is 0. The SMILES string of the molecule is CC1(C)CS(=O)(=O)c2cc(B3OC(C)(C)C(C)(C)O3)ccc2O1. The second-order valence-electron chi connectivity index (χ2n) is 7.92. The van der Waals surface area contributed by atoms with Crippen LogP contribution in [0.15, 0.2) is 23.1 Å². The minimum atomic E-state index is -3.40. The fourth-order valence-electron chi connectivity index (χ4n) is 2.84. The van der Waals surface area contributed by atoms with Gasteiger partial charge in [0.1, 0.15) is 16.2 Å². The van der Waals surface area contributed by atoms with Gasteiger partial charge in [-0.3, -0.25) is 0 Å². The first-order valence-electron chi connectivity index (χ1n) is 7.74. The number of benzene rings is 1. The van der Waals surface area contributed by atoms with Crippen molar-refractivity contribution in [2.45, 2.75) is 63.2 Å². The van der Waals surface area contributed by atoms with Gasteiger partial charge in [0.2, 0.25) is 0 Å². The van der Waals surface area contributed by atoms with Crippen LogP contribution in [0.3, 0.4) is 0 Å². The van der Waals surface area contributed by atoms with Crippen molar-refractivity contribution in [1.82, 2.24) is 0 Å². The van der Waals surface area contributed by atoms with Crippen LogP contribution in [0.1, 0.15) is 41.5 Å². The molecule has 0 aliphatic carbocycles. The van der Waals surface area contributed by atoms with E-state index < -0.39 is 33.8 Å². The lowest BCUT2D eigenvalue weighted by molar-refractivity contribution is 0.00578. The summed E-state index contributed by atoms with van der Waals surface area (Å²) in [5.41, 5.74) is -0.970. The Morgan fingerprint density at radius 2 is 1.57 bits per heavy atom. The second-order valence-corrected chi connectivity index (χ2v) is 9.87. The Labute approximate surface area is 138 Å². The standard InChI is InChI=1S/C16H23BO5S/c1-14(2)10-23(18,19)13-9-11(7-8-12(13)20-14)17-21-15(3,4)16(5,6)22-17/h7-9H,10H2,1-6H3. The van der Waals surface area contributed by atoms with E-state index in [0.29, 0.717) is 11.2 Å². The van der Waals surface area contributed by atoms with Crippen molar-refractivity contribution in [1.29, 1.82) is 0 Å². The van der Waals surface area contributed by atoms with Gasteiger partial charge < -0.3 is 14.0 Å². The van der Waals surface area contributed by atoms with Gasteiger partial charge in [-0.2, -0.15) is 0 Å². The maximum atomic E-state index is 12.5. The zero-order valence-electron chi connectivity index (χ0n) is 14.5. The number of rotatable bonds is 1. The van der Waals surface area contributed by atoms with E-state index in [-0.39, 0.29) is 10.6 Å². The van der Waals surface area contributed by atoms with Crippen molar-refractivity contribution in [3.05, 3.63) is 18.2 Å². The van der Waals surface area contributed by atoms with Crippen LogP contribution in [0.25, 0.3) is 0 Å². The summed E-state index contributed by atoms with van der Waals surface area (Å²) < 4.78 is 42.9. The molecule has 0 amide bonds. The first-order valence-corrected chi connectivity index (χ1v) is 9.40. The molecule has 0 bridgehead atoms. The van der Waals surface area contributed by atoms with Gasteiger partial charge in [0.25, 0.3) is 0 Å². The first-order chi connectivity index (χ1) is 10.3. The molecule has 0 atom stereocenters. The lowest BCUT2D eigenvalue weighted by atomic mass is 9.79. The van der Waals surface area contributed by atoms with Gasteiger partial charge in [0.05, 0.1) is 17.0 Å². The topological polar surface area (TPSA) is 61.8 Å². The van der Waals surface area contributed by atoms with Gasteiger partial charge in [0.15, 0.2) is 9.84 Å². The van der Waals surface area contributed by atoms with Crippen LogP contribution >= 0.6 is 0 Å². The van der Waals surface area contributed by atoms with E-state index in [2.05, 4.69) is 0 Å². The highest BCUT2D eigenvalue weighted by molar-refractivity contribution is 7.91. The monoisotopic (exact) mass is 338 g/mol. The summed E-state index contributed by atoms with van der Waals surface area (Å²) in [6.07, 6.45) is 0. The summed E-state index contributed by atoms with van der Waals surface area (Å²) in [5, 5.41) is 0. The Morgan fingerprint density at radius 3 is 2.13 bits per heavy atom. The highest BCUT2D eigenvalue weighted by atomic mass is 32.2. The third-order valence-corrected chi connectivity index (χ3v) is 6.82. The van der Waals surface area contributed by atoms with Gasteiger partial charge in [-0.1, -0.05) is 6.07 Å². The van der Waals surface area contributed by atoms with Crippen LogP contribution in [-0.4, -0.2) is 38.1 Å². The molecule has 0 aromatic heterocycles. The molecule has 5 nitrogen and oxygen atoms in total. The molecular weight excluding hydrogens is 315 g/mol. The summed E-state index contributed by atoms with van der Waals surface area (Å²) >= 11 is 0. The summed E-state index contributed by atoms with van der Waals surface area (Å²) in [4.78, 5) is 0.212. The maximum absolute atomic E-state index is 12.5. The Kier molecular flexibility index (Phi) is 3.46. The van der Waals surface area contributed by atoms with Crippen molar-refractivity contribution >= 4 is 22.4 Å². The molecule has 1 aromatic rings. The molecule has 1 saturated heterocycles. The molecule has 0 spiro atoms. The minimum Gasteiger partial charge on any atom is -0.485 e. The fourth-order valence-corrected chi connectivity index (χ4v) is 4.70. The van der Waals surface area contributed by atoms with Gasteiger partial charge >= 0.3 is 7.12 Å². The number of fused-ring (bicyclic) bond motifs is 1. The number of sulfone groups is 1. The third-order valence-electron chi connectivity index (χ3n) is 4.75. The van der Waals surface area contributed by atoms with Crippen molar-refractivity contribution in [3.63, 3.8) is 0 Å². The lowest BCUT2D eigenvalue weighted by Crippen LogP contribution is -2.42. The van der Waals surface area contributed by atoms with E-state index in [1.165, 1.54) is 0 Å². The Hall–Kier alpha value is -1.05. The maximum Gasteiger partial charge on any atom is 0.494 e. The largest absolute Gasteiger partial charge is 0.494 e. The molecule has 2 aliphatic rings. The van der Waals surface area contributed by atoms with E-state index in [0.717, 1.165) is 0 Å². The van der Waals surface area contributed by atoms with E-state index >= 15 is 0 Å². The van der Waals surface area contributed by atoms with Crippen molar-refractivity contribution < 1.29 is 22.5 Å². The Balaban J connectivity index is 2.01. The second kappa shape index (κ2) is 4.74. The van der Waals surface area contributed by atoms with Crippen LogP contribution in [0.4, 0.5) is 0 Å². The van der Waals surface area contributed by atoms with Crippen LogP contribution in [0, 0.1) is 0 Å². The highest BCUT2D eigenvalue weighted by Crippen LogP contribution is 2.38. The average Bonchev–Trinajstić information content (AvgIpc) is 2.55. The Morgan fingerprint density at radius 1 is 1.00 bits per heavy atom. The molecule has 23 heavy (non-hydrogen) atoms. The summed E-state index contributed by atoms with van der Waals surface area (Å²) in [5.74, 6) is 0.348. The van der Waals surface area contributed by atoms with Crippen LogP contribution < -0.4 is 10.2 Å². The van der Waals surface area contributed by atoms with Crippen molar-refractivity contribution in [2.24, 2.45) is 0 Å². The number of hydrogen-bond acceptors (Lipinski definition) is 5. The van der Waals surface area contributed by atoms with E-state index in [4.69, 9.17) is 14.0 Å². The first kappa shape index (κ1) is 16.8. The number of ether oxygens (including phenoxy) is 1. The van der Waals surface area contributed by atoms with Crippen molar-refractivity contribution in [2.75, 3.05) is 5.75 Å². The van der Waals surface area contributed by atoms with Gasteiger partial charge in [-0.15, -0.1) is 0 Å². The Bertz CT molecular complexity index is 736.